The van der Waals surface area contributed by atoms with Gasteiger partial charge in [-0.1, -0.05) is 24.3 Å². The maximum absolute atomic E-state index is 5.82. The number of ether oxygens (including phenoxy) is 1. The minimum Gasteiger partial charge on any atom is -0.378 e. The predicted octanol–water partition coefficient (Wildman–Crippen LogP) is 0.161. The van der Waals surface area contributed by atoms with Gasteiger partial charge in [0.25, 0.3) is 0 Å². The molecule has 18 heavy (non-hydrogen) atoms. The topological polar surface area (TPSA) is 45.3 Å². The molecule has 1 aromatic rings. The van der Waals surface area contributed by atoms with Crippen LogP contribution in [0.2, 0.25) is 0 Å². The van der Waals surface area contributed by atoms with Crippen molar-refractivity contribution >= 4 is 0 Å². The van der Waals surface area contributed by atoms with Crippen LogP contribution in [0.4, 0.5) is 0 Å². The lowest BCUT2D eigenvalue weighted by Crippen LogP contribution is -2.73. The Balaban J connectivity index is 1.71. The van der Waals surface area contributed by atoms with E-state index in [2.05, 4.69) is 40.2 Å². The van der Waals surface area contributed by atoms with Gasteiger partial charge in [0, 0.05) is 25.7 Å². The summed E-state index contributed by atoms with van der Waals surface area (Å²) in [7, 11) is 0. The molecule has 1 aromatic carbocycles. The smallest absolute Gasteiger partial charge is 0.0743 e. The molecule has 3 heterocycles. The molecule has 4 nitrogen and oxygen atoms in total. The maximum Gasteiger partial charge on any atom is 0.0743 e. The molecular weight excluding hydrogens is 226 g/mol. The highest BCUT2D eigenvalue weighted by atomic mass is 16.5. The Morgan fingerprint density at radius 2 is 2.22 bits per heavy atom. The standard InChI is InChI=1S/C14H19N3O/c1-2-4-12-10(3-1)5-16-13(12)14-8-15-6-11(17-14)7-18-9-14/h1-4,11,13,15-17H,5-9H2. The molecule has 0 radical (unpaired) electrons. The monoisotopic (exact) mass is 245 g/mol. The quantitative estimate of drug-likeness (QED) is 0.659. The number of hydrogen-bond acceptors (Lipinski definition) is 4. The summed E-state index contributed by atoms with van der Waals surface area (Å²) in [6, 6.07) is 9.51. The van der Waals surface area contributed by atoms with Crippen LogP contribution in [0.3, 0.4) is 0 Å². The van der Waals surface area contributed by atoms with Gasteiger partial charge in [-0.25, -0.2) is 0 Å². The van der Waals surface area contributed by atoms with Gasteiger partial charge >= 0.3 is 0 Å². The van der Waals surface area contributed by atoms with Crippen LogP contribution in [0.15, 0.2) is 24.3 Å². The molecule has 3 aliphatic heterocycles. The Hall–Kier alpha value is -0.940. The van der Waals surface area contributed by atoms with E-state index in [-0.39, 0.29) is 5.54 Å². The molecule has 3 aliphatic rings. The molecule has 0 saturated carbocycles. The first-order chi connectivity index (χ1) is 8.87. The zero-order chi connectivity index (χ0) is 12.0. The number of nitrogens with one attached hydrogen (secondary N) is 3. The average Bonchev–Trinajstić information content (AvgIpc) is 2.83. The van der Waals surface area contributed by atoms with Gasteiger partial charge in [0.1, 0.15) is 0 Å². The Bertz CT molecular complexity index is 452. The van der Waals surface area contributed by atoms with Crippen molar-refractivity contribution in [2.24, 2.45) is 0 Å². The molecule has 4 rings (SSSR count). The van der Waals surface area contributed by atoms with Gasteiger partial charge in [0.2, 0.25) is 0 Å². The largest absolute Gasteiger partial charge is 0.378 e. The van der Waals surface area contributed by atoms with Crippen molar-refractivity contribution in [3.63, 3.8) is 0 Å². The maximum atomic E-state index is 5.82. The minimum absolute atomic E-state index is 0.00771. The second-order valence-corrected chi connectivity index (χ2v) is 5.66. The van der Waals surface area contributed by atoms with Crippen LogP contribution in [0.1, 0.15) is 17.2 Å². The molecule has 2 bridgehead atoms. The first kappa shape index (κ1) is 10.9. The van der Waals surface area contributed by atoms with E-state index in [1.807, 2.05) is 0 Å². The summed E-state index contributed by atoms with van der Waals surface area (Å²) in [4.78, 5) is 0. The van der Waals surface area contributed by atoms with E-state index in [0.717, 1.165) is 32.8 Å². The molecule has 0 spiro atoms. The Kier molecular flexibility index (Phi) is 2.45. The van der Waals surface area contributed by atoms with Crippen molar-refractivity contribution < 1.29 is 4.74 Å². The summed E-state index contributed by atoms with van der Waals surface area (Å²) >= 11 is 0. The van der Waals surface area contributed by atoms with Crippen molar-refractivity contribution in [2.75, 3.05) is 26.3 Å². The molecule has 3 N–H and O–H groups in total. The van der Waals surface area contributed by atoms with E-state index in [0.29, 0.717) is 12.1 Å². The third-order valence-corrected chi connectivity index (χ3v) is 4.42. The number of piperazine rings is 1. The van der Waals surface area contributed by atoms with Gasteiger partial charge < -0.3 is 20.7 Å². The second kappa shape index (κ2) is 4.03. The number of rotatable bonds is 1. The lowest BCUT2D eigenvalue weighted by molar-refractivity contribution is -0.0333. The summed E-state index contributed by atoms with van der Waals surface area (Å²) in [5, 5.41) is 11.0. The van der Waals surface area contributed by atoms with Crippen LogP contribution in [-0.4, -0.2) is 37.9 Å². The first-order valence-electron chi connectivity index (χ1n) is 6.75. The summed E-state index contributed by atoms with van der Waals surface area (Å²) < 4.78 is 5.82. The zero-order valence-electron chi connectivity index (χ0n) is 10.4. The molecular formula is C14H19N3O. The second-order valence-electron chi connectivity index (χ2n) is 5.66. The fraction of sp³-hybridized carbons (Fsp3) is 0.571. The summed E-state index contributed by atoms with van der Waals surface area (Å²) in [6.45, 7) is 4.55. The molecule has 2 fully saturated rings. The Morgan fingerprint density at radius 1 is 1.28 bits per heavy atom. The zero-order valence-corrected chi connectivity index (χ0v) is 10.4. The predicted molar refractivity (Wildman–Crippen MR) is 69.4 cm³/mol. The molecule has 0 aromatic heterocycles. The van der Waals surface area contributed by atoms with Gasteiger partial charge in [-0.3, -0.25) is 0 Å². The van der Waals surface area contributed by atoms with E-state index in [1.54, 1.807) is 0 Å². The van der Waals surface area contributed by atoms with Crippen LogP contribution in [-0.2, 0) is 11.3 Å². The van der Waals surface area contributed by atoms with Gasteiger partial charge in [-0.05, 0) is 11.1 Å². The number of fused-ring (bicyclic) bond motifs is 3. The summed E-state index contributed by atoms with van der Waals surface area (Å²) in [5.74, 6) is 0. The van der Waals surface area contributed by atoms with E-state index < -0.39 is 0 Å². The fourth-order valence-corrected chi connectivity index (χ4v) is 3.62. The average molecular weight is 245 g/mol. The normalized spacial score (nSPS) is 38.4. The lowest BCUT2D eigenvalue weighted by atomic mass is 9.83. The Morgan fingerprint density at radius 3 is 3.22 bits per heavy atom. The number of benzene rings is 1. The van der Waals surface area contributed by atoms with Crippen molar-refractivity contribution in [3.05, 3.63) is 35.4 Å². The van der Waals surface area contributed by atoms with Crippen LogP contribution in [0.25, 0.3) is 0 Å². The van der Waals surface area contributed by atoms with E-state index in [9.17, 15) is 0 Å². The minimum atomic E-state index is 0.00771. The van der Waals surface area contributed by atoms with Crippen molar-refractivity contribution in [1.82, 2.24) is 16.0 Å². The molecule has 0 aliphatic carbocycles. The highest BCUT2D eigenvalue weighted by Gasteiger charge is 2.47. The first-order valence-corrected chi connectivity index (χ1v) is 6.75. The van der Waals surface area contributed by atoms with E-state index in [4.69, 9.17) is 4.74 Å². The van der Waals surface area contributed by atoms with Gasteiger partial charge in [0.15, 0.2) is 0 Å². The van der Waals surface area contributed by atoms with Gasteiger partial charge in [-0.15, -0.1) is 0 Å². The molecule has 2 saturated heterocycles. The number of morpholine rings is 1. The Labute approximate surface area is 107 Å². The van der Waals surface area contributed by atoms with Crippen LogP contribution in [0, 0.1) is 0 Å². The van der Waals surface area contributed by atoms with E-state index >= 15 is 0 Å². The highest BCUT2D eigenvalue weighted by Crippen LogP contribution is 2.36. The van der Waals surface area contributed by atoms with Gasteiger partial charge in [-0.2, -0.15) is 0 Å². The van der Waals surface area contributed by atoms with Crippen LogP contribution < -0.4 is 16.0 Å². The molecule has 3 atom stereocenters. The lowest BCUT2D eigenvalue weighted by Gasteiger charge is -2.49. The third-order valence-electron chi connectivity index (χ3n) is 4.42. The third kappa shape index (κ3) is 1.53. The van der Waals surface area contributed by atoms with Crippen molar-refractivity contribution in [2.45, 2.75) is 24.2 Å². The van der Waals surface area contributed by atoms with Crippen LogP contribution >= 0.6 is 0 Å². The molecule has 3 unspecified atom stereocenters. The van der Waals surface area contributed by atoms with Crippen LogP contribution in [0.5, 0.6) is 0 Å². The van der Waals surface area contributed by atoms with Crippen molar-refractivity contribution in [3.8, 4) is 0 Å². The molecule has 0 amide bonds. The van der Waals surface area contributed by atoms with Crippen molar-refractivity contribution in [1.29, 1.82) is 0 Å². The SMILES string of the molecule is c1ccc2c(c1)CNC2C12CNCC(COC1)N2. The summed E-state index contributed by atoms with van der Waals surface area (Å²) in [5.41, 5.74) is 2.86. The summed E-state index contributed by atoms with van der Waals surface area (Å²) in [6.07, 6.45) is 0. The van der Waals surface area contributed by atoms with E-state index in [1.165, 1.54) is 11.1 Å². The molecule has 4 heteroatoms. The van der Waals surface area contributed by atoms with Gasteiger partial charge in [0.05, 0.1) is 24.8 Å². The molecule has 96 valence electrons. The fourth-order valence-electron chi connectivity index (χ4n) is 3.62. The number of hydrogen-bond donors (Lipinski definition) is 3. The highest BCUT2D eigenvalue weighted by molar-refractivity contribution is 5.37.